The molecule has 0 atom stereocenters. The molecule has 720 valence electrons. The number of halogens is 1. The normalized spacial score (nSPS) is 10.6. The summed E-state index contributed by atoms with van der Waals surface area (Å²) in [6, 6.07) is 78.5. The number of nitrogens with zero attached hydrogens (tertiary/aromatic N) is 3. The third-order valence-electron chi connectivity index (χ3n) is 21.1. The van der Waals surface area contributed by atoms with Gasteiger partial charge in [-0.25, -0.2) is 14.4 Å². The number of nitrogens with one attached hydrogen (secondary N) is 3. The first-order valence-corrected chi connectivity index (χ1v) is 45.2. The lowest BCUT2D eigenvalue weighted by Crippen LogP contribution is -2.35. The summed E-state index contributed by atoms with van der Waals surface area (Å²) < 4.78 is 42.8. The van der Waals surface area contributed by atoms with E-state index in [2.05, 4.69) is 22.9 Å². The van der Waals surface area contributed by atoms with Gasteiger partial charge in [-0.15, -0.1) is 0 Å². The Bertz CT molecular complexity index is 6130. The van der Waals surface area contributed by atoms with Gasteiger partial charge in [0.15, 0.2) is 0 Å². The van der Waals surface area contributed by atoms with Crippen molar-refractivity contribution >= 4 is 99.9 Å². The number of carbonyl (C=O) groups is 12. The first-order valence-electron chi connectivity index (χ1n) is 44.8. The number of esters is 3. The molecule has 6 amide bonds. The number of hydrogen-bond donors (Lipinski definition) is 6. The van der Waals surface area contributed by atoms with Gasteiger partial charge in [0, 0.05) is 53.4 Å². The SMILES string of the molecule is CCCCCCCCc1ccc(C(=O)Oc2ccc(CN(CC(=O)O)C(=O)c3ccc(NC(=O)Cc4ccc(OC)cc4)cc3)cc2)cc1.CCOc1ccc(C(=O)Oc2ccc(CN(CC(=O)O)C(=O)c3ccc(NC(=O)Cc4ccc(OC)cc4)cc3)cc2)cc1Cl.COc1ccc(CC(=O)Nc2ccc(C(=O)N(CC(=O)O)Cc3ccc(OC(=O)c4ccc(OC(C)C)cc4)cc3)cc2)cc1. The number of carboxylic acids is 3. The zero-order chi connectivity index (χ0) is 99.7. The van der Waals surface area contributed by atoms with Crippen LogP contribution in [0.5, 0.6) is 46.0 Å². The highest BCUT2D eigenvalue weighted by Gasteiger charge is 2.25. The molecule has 30 heteroatoms. The standard InChI is InChI=1S/C40H44N2O7.C35H34N2O8.C34H31ClN2O8/c1-3-4-5-6-7-8-9-29-10-16-33(17-11-29)40(47)49-36-24-14-31(15-25-36)27-42(28-38(44)45)39(46)32-18-20-34(21-19-32)41-37(43)26-30-12-22-35(48-2)23-13-30;1-23(2)44-30-18-10-27(11-19-30)35(42)45-31-16-6-25(7-17-31)21-37(22-33(39)40)34(41)26-8-12-28(13-9-26)36-32(38)20-24-4-14-29(43-3)15-5-24;1-3-44-30-17-10-25(19-29(30)35)34(42)45-28-15-6-23(7-16-28)20-37(21-32(39)40)33(41)24-8-11-26(12-9-24)36-31(38)18-22-4-13-27(43-2)14-5-22/h10-25H,3-9,26-28H2,1-2H3,(H,41,43)(H,44,45);4-19,23H,20-22H2,1-3H3,(H,36,38)(H,39,40);4-17,19H,3,18,20-21H2,1-2H3,(H,36,38)(H,39,40). The van der Waals surface area contributed by atoms with E-state index in [-0.39, 0.29) is 95.7 Å². The Morgan fingerprint density at radius 1 is 0.317 bits per heavy atom. The molecule has 0 radical (unpaired) electrons. The fraction of sp³-hybridized carbons (Fsp3) is 0.229. The van der Waals surface area contributed by atoms with E-state index in [1.807, 2.05) is 45.0 Å². The molecule has 0 aliphatic rings. The molecule has 12 aromatic carbocycles. The highest BCUT2D eigenvalue weighted by molar-refractivity contribution is 6.32. The monoisotopic (exact) mass is 1900 g/mol. The van der Waals surface area contributed by atoms with Gasteiger partial charge in [0.25, 0.3) is 17.7 Å². The van der Waals surface area contributed by atoms with Crippen molar-refractivity contribution in [3.05, 3.63) is 362 Å². The van der Waals surface area contributed by atoms with E-state index >= 15 is 0 Å². The summed E-state index contributed by atoms with van der Waals surface area (Å²) in [4.78, 5) is 153. The van der Waals surface area contributed by atoms with Gasteiger partial charge in [0.1, 0.15) is 65.6 Å². The number of hydrogen-bond acceptors (Lipinski definition) is 20. The minimum absolute atomic E-state index is 0.00575. The summed E-state index contributed by atoms with van der Waals surface area (Å²) in [5.74, 6) is -3.17. The van der Waals surface area contributed by atoms with Crippen molar-refractivity contribution < 1.29 is 111 Å². The molecule has 0 aliphatic heterocycles. The summed E-state index contributed by atoms with van der Waals surface area (Å²) >= 11 is 6.17. The Balaban J connectivity index is 0.000000215. The quantitative estimate of drug-likeness (QED) is 0.0117. The van der Waals surface area contributed by atoms with Crippen LogP contribution >= 0.6 is 11.6 Å². The molecule has 0 fully saturated rings. The van der Waals surface area contributed by atoms with E-state index < -0.39 is 73.2 Å². The molecule has 0 bridgehead atoms. The minimum Gasteiger partial charge on any atom is -0.497 e. The number of benzene rings is 12. The highest BCUT2D eigenvalue weighted by Crippen LogP contribution is 2.30. The van der Waals surface area contributed by atoms with Crippen LogP contribution in [0.15, 0.2) is 285 Å². The lowest BCUT2D eigenvalue weighted by Gasteiger charge is -2.21. The number of aliphatic carboxylic acids is 3. The van der Waals surface area contributed by atoms with Crippen LogP contribution in [0.3, 0.4) is 0 Å². The predicted molar refractivity (Wildman–Crippen MR) is 525 cm³/mol. The number of ether oxygens (including phenoxy) is 8. The molecule has 12 rings (SSSR count). The molecule has 0 unspecified atom stereocenters. The van der Waals surface area contributed by atoms with E-state index in [0.29, 0.717) is 91.7 Å². The lowest BCUT2D eigenvalue weighted by atomic mass is 10.0. The number of amides is 6. The van der Waals surface area contributed by atoms with Gasteiger partial charge in [-0.1, -0.05) is 136 Å². The van der Waals surface area contributed by atoms with E-state index in [4.69, 9.17) is 49.5 Å². The third kappa shape index (κ3) is 34.8. The number of rotatable bonds is 44. The van der Waals surface area contributed by atoms with Gasteiger partial charge in [0.2, 0.25) is 17.7 Å². The zero-order valence-electron chi connectivity index (χ0n) is 78.0. The van der Waals surface area contributed by atoms with Gasteiger partial charge in [-0.3, -0.25) is 43.2 Å². The van der Waals surface area contributed by atoms with E-state index in [0.717, 1.165) is 29.5 Å². The Labute approximate surface area is 810 Å². The van der Waals surface area contributed by atoms with Crippen molar-refractivity contribution in [2.24, 2.45) is 0 Å². The van der Waals surface area contributed by atoms with Crippen LogP contribution < -0.4 is 53.8 Å². The molecule has 29 nitrogen and oxygen atoms in total. The molecule has 0 aromatic heterocycles. The van der Waals surface area contributed by atoms with Crippen LogP contribution in [-0.2, 0) is 74.1 Å². The van der Waals surface area contributed by atoms with E-state index in [1.165, 1.54) is 82.7 Å². The first-order chi connectivity index (χ1) is 67.0. The number of methoxy groups -OCH3 is 3. The predicted octanol–water partition coefficient (Wildman–Crippen LogP) is 19.2. The van der Waals surface area contributed by atoms with Crippen LogP contribution in [0.2, 0.25) is 5.02 Å². The molecule has 6 N–H and O–H groups in total. The van der Waals surface area contributed by atoms with Crippen LogP contribution in [0.4, 0.5) is 17.1 Å². The van der Waals surface area contributed by atoms with Crippen LogP contribution in [0, 0.1) is 0 Å². The maximum atomic E-state index is 13.3. The Hall–Kier alpha value is -16.4. The Morgan fingerprint density at radius 3 is 0.892 bits per heavy atom. The van der Waals surface area contributed by atoms with Crippen LogP contribution in [-0.4, -0.2) is 155 Å². The molecule has 0 heterocycles. The number of anilines is 3. The number of aryl methyl sites for hydroxylation is 1. The molecule has 0 spiro atoms. The van der Waals surface area contributed by atoms with Crippen molar-refractivity contribution in [2.75, 3.05) is 63.5 Å². The van der Waals surface area contributed by atoms with Gasteiger partial charge < -0.3 is 83.9 Å². The van der Waals surface area contributed by atoms with Crippen LogP contribution in [0.25, 0.3) is 0 Å². The molecule has 0 saturated carbocycles. The average molecular weight is 1910 g/mol. The maximum absolute atomic E-state index is 13.3. The Morgan fingerprint density at radius 2 is 0.590 bits per heavy atom. The van der Waals surface area contributed by atoms with Crippen molar-refractivity contribution in [3.8, 4) is 46.0 Å². The molecular formula is C109H109ClN6O23. The topological polar surface area (TPSA) is 385 Å². The molecule has 0 saturated heterocycles. The summed E-state index contributed by atoms with van der Waals surface area (Å²) in [5.41, 5.74) is 8.93. The van der Waals surface area contributed by atoms with Crippen molar-refractivity contribution in [1.82, 2.24) is 14.7 Å². The van der Waals surface area contributed by atoms with Gasteiger partial charge >= 0.3 is 35.8 Å². The zero-order valence-corrected chi connectivity index (χ0v) is 78.7. The number of carbonyl (C=O) groups excluding carboxylic acids is 9. The Kier molecular flexibility index (Phi) is 40.4. The second-order valence-electron chi connectivity index (χ2n) is 32.2. The van der Waals surface area contributed by atoms with Gasteiger partial charge in [0.05, 0.1) is 75.0 Å². The fourth-order valence-corrected chi connectivity index (χ4v) is 14.3. The van der Waals surface area contributed by atoms with Crippen molar-refractivity contribution in [2.45, 2.75) is 118 Å². The third-order valence-corrected chi connectivity index (χ3v) is 21.4. The summed E-state index contributed by atoms with van der Waals surface area (Å²) in [7, 11) is 4.71. The smallest absolute Gasteiger partial charge is 0.343 e. The second kappa shape index (κ2) is 53.6. The second-order valence-corrected chi connectivity index (χ2v) is 32.6. The van der Waals surface area contributed by atoms with Gasteiger partial charge in [-0.05, 0) is 273 Å². The molecule has 139 heavy (non-hydrogen) atoms. The highest BCUT2D eigenvalue weighted by atomic mass is 35.5. The largest absolute Gasteiger partial charge is 0.497 e. The van der Waals surface area contributed by atoms with Crippen molar-refractivity contribution in [3.63, 3.8) is 0 Å². The first kappa shape index (κ1) is 105. The van der Waals surface area contributed by atoms with E-state index in [9.17, 15) is 72.9 Å². The number of carboxylic acid groups (broad SMARTS) is 3. The summed E-state index contributed by atoms with van der Waals surface area (Å²) in [6.07, 6.45) is 8.90. The molecular weight excluding hydrogens is 1800 g/mol. The fourth-order valence-electron chi connectivity index (χ4n) is 14.0. The van der Waals surface area contributed by atoms with Gasteiger partial charge in [-0.2, -0.15) is 0 Å². The van der Waals surface area contributed by atoms with E-state index in [1.54, 1.807) is 252 Å². The number of unbranched alkanes of at least 4 members (excludes halogenated alkanes) is 5. The minimum atomic E-state index is -1.18. The molecule has 0 aliphatic carbocycles. The summed E-state index contributed by atoms with van der Waals surface area (Å²) in [5, 5.41) is 37.1. The maximum Gasteiger partial charge on any atom is 0.343 e. The lowest BCUT2D eigenvalue weighted by molar-refractivity contribution is -0.138. The molecule has 12 aromatic rings. The van der Waals surface area contributed by atoms with Crippen molar-refractivity contribution in [1.29, 1.82) is 0 Å². The average Bonchev–Trinajstić information content (AvgIpc) is 0.840. The summed E-state index contributed by atoms with van der Waals surface area (Å²) in [6.45, 7) is 6.76. The van der Waals surface area contributed by atoms with Crippen LogP contribution in [0.1, 0.15) is 167 Å².